The number of carbonyl (C=O) groups excluding carboxylic acids is 2. The number of hydrogen-bond donors (Lipinski definition) is 2. The van der Waals surface area contributed by atoms with Crippen LogP contribution in [0.1, 0.15) is 72.1 Å². The van der Waals surface area contributed by atoms with E-state index in [1.807, 2.05) is 71.9 Å². The lowest BCUT2D eigenvalue weighted by atomic mass is 9.94. The van der Waals surface area contributed by atoms with E-state index in [9.17, 15) is 20.0 Å². The van der Waals surface area contributed by atoms with Crippen molar-refractivity contribution in [1.29, 1.82) is 5.26 Å². The maximum Gasteiger partial charge on any atom is 0.349 e. The van der Waals surface area contributed by atoms with E-state index in [1.54, 1.807) is 48.1 Å². The van der Waals surface area contributed by atoms with Gasteiger partial charge in [-0.2, -0.15) is 28.8 Å². The number of aromatic nitrogens is 4. The topological polar surface area (TPSA) is 183 Å². The first-order chi connectivity index (χ1) is 29.8. The lowest BCUT2D eigenvalue weighted by Crippen LogP contribution is -2.20. The largest absolute Gasteiger partial charge is 0.392 e. The van der Waals surface area contributed by atoms with Crippen LogP contribution in [0.15, 0.2) is 87.8 Å². The number of nitriles is 1. The number of rotatable bonds is 22. The summed E-state index contributed by atoms with van der Waals surface area (Å²) in [5, 5.41) is 27.9. The van der Waals surface area contributed by atoms with Gasteiger partial charge in [-0.25, -0.2) is 29.5 Å². The molecule has 0 aliphatic carbocycles. The molecule has 0 bridgehead atoms. The minimum Gasteiger partial charge on any atom is -0.392 e. The number of esters is 2. The van der Waals surface area contributed by atoms with E-state index in [1.165, 1.54) is 34.4 Å². The van der Waals surface area contributed by atoms with E-state index in [0.29, 0.717) is 37.0 Å². The van der Waals surface area contributed by atoms with Crippen molar-refractivity contribution < 1.29 is 24.2 Å². The number of pyridine rings is 2. The van der Waals surface area contributed by atoms with Gasteiger partial charge in [0, 0.05) is 44.5 Å². The molecule has 62 heavy (non-hydrogen) atoms. The number of thioether (sulfide) groups is 4. The van der Waals surface area contributed by atoms with Crippen LogP contribution in [0.4, 0.5) is 0 Å². The quantitative estimate of drug-likeness (QED) is 0.0215. The Hall–Kier alpha value is -4.09. The van der Waals surface area contributed by atoms with E-state index in [0.717, 1.165) is 86.4 Å². The summed E-state index contributed by atoms with van der Waals surface area (Å²) in [6, 6.07) is 19.2. The highest BCUT2D eigenvalue weighted by Crippen LogP contribution is 2.41. The summed E-state index contributed by atoms with van der Waals surface area (Å²) in [4.78, 5) is 46.2. The molecular formula is C45H48N6O5S6. The summed E-state index contributed by atoms with van der Waals surface area (Å²) < 4.78 is 11.3. The first-order valence-electron chi connectivity index (χ1n) is 19.7. The molecule has 6 rings (SSSR count). The second-order valence-corrected chi connectivity index (χ2v) is 20.2. The van der Waals surface area contributed by atoms with Gasteiger partial charge < -0.3 is 20.7 Å². The SMILES string of the molecule is CCCCSCSc1nc(-c2nccs2)cc(-c2ccc(COCC(=O)OC(=O)c3c(SCSCCCC)nc(-c4nccs4)c(C)c3-c3ccc(CO)cc3)cc2)c1C#N.N. The number of unbranched alkanes of at least 4 members (excludes halogenated alkanes) is 2. The molecule has 0 aliphatic rings. The van der Waals surface area contributed by atoms with Crippen molar-refractivity contribution in [3.63, 3.8) is 0 Å². The predicted octanol–water partition coefficient (Wildman–Crippen LogP) is 12.0. The molecule has 0 saturated heterocycles. The zero-order valence-electron chi connectivity index (χ0n) is 34.8. The Labute approximate surface area is 387 Å². The number of ether oxygens (including phenoxy) is 2. The van der Waals surface area contributed by atoms with Crippen LogP contribution in [0, 0.1) is 18.3 Å². The molecule has 0 unspecified atom stereocenters. The van der Waals surface area contributed by atoms with E-state index >= 15 is 0 Å². The van der Waals surface area contributed by atoms with Crippen molar-refractivity contribution in [2.24, 2.45) is 0 Å². The summed E-state index contributed by atoms with van der Waals surface area (Å²) in [7, 11) is 0. The molecule has 0 fully saturated rings. The molecule has 6 aromatic rings. The predicted molar refractivity (Wildman–Crippen MR) is 258 cm³/mol. The van der Waals surface area contributed by atoms with Gasteiger partial charge in [0.25, 0.3) is 0 Å². The van der Waals surface area contributed by atoms with Crippen LogP contribution in [-0.4, -0.2) is 65.3 Å². The van der Waals surface area contributed by atoms with Gasteiger partial charge in [-0.15, -0.1) is 22.7 Å². The molecule has 0 aliphatic heterocycles. The van der Waals surface area contributed by atoms with E-state index in [-0.39, 0.29) is 24.9 Å². The smallest absolute Gasteiger partial charge is 0.349 e. The highest BCUT2D eigenvalue weighted by Gasteiger charge is 2.28. The Bertz CT molecular complexity index is 2410. The Morgan fingerprint density at radius 2 is 1.44 bits per heavy atom. The molecule has 0 saturated carbocycles. The molecule has 4 heterocycles. The van der Waals surface area contributed by atoms with Gasteiger partial charge in [0.2, 0.25) is 0 Å². The molecule has 4 aromatic heterocycles. The fourth-order valence-electron chi connectivity index (χ4n) is 6.08. The van der Waals surface area contributed by atoms with Gasteiger partial charge in [0.15, 0.2) is 0 Å². The van der Waals surface area contributed by atoms with Gasteiger partial charge in [0.05, 0.1) is 18.8 Å². The molecule has 324 valence electrons. The van der Waals surface area contributed by atoms with Gasteiger partial charge in [-0.1, -0.05) is 98.7 Å². The molecule has 0 amide bonds. The van der Waals surface area contributed by atoms with E-state index < -0.39 is 18.5 Å². The Balaban J connectivity index is 0.00000726. The molecule has 0 radical (unpaired) electrons. The minimum absolute atomic E-state index is 0. The molecule has 0 spiro atoms. The maximum atomic E-state index is 14.1. The monoisotopic (exact) mass is 944 g/mol. The summed E-state index contributed by atoms with van der Waals surface area (Å²) in [5.41, 5.74) is 7.25. The van der Waals surface area contributed by atoms with Crippen LogP contribution < -0.4 is 6.15 Å². The van der Waals surface area contributed by atoms with Gasteiger partial charge in [-0.05, 0) is 65.2 Å². The first-order valence-corrected chi connectivity index (χ1v) is 25.7. The van der Waals surface area contributed by atoms with Crippen LogP contribution >= 0.6 is 69.7 Å². The van der Waals surface area contributed by atoms with Crippen LogP contribution in [0.2, 0.25) is 0 Å². The maximum absolute atomic E-state index is 14.1. The van der Waals surface area contributed by atoms with Crippen LogP contribution in [0.3, 0.4) is 0 Å². The fourth-order valence-corrected chi connectivity index (χ4v) is 11.8. The number of nitrogens with zero attached hydrogens (tertiary/aromatic N) is 5. The molecule has 2 aromatic carbocycles. The number of benzene rings is 2. The Morgan fingerprint density at radius 3 is 2.03 bits per heavy atom. The van der Waals surface area contributed by atoms with Gasteiger partial charge in [0.1, 0.15) is 49.7 Å². The normalized spacial score (nSPS) is 11.0. The molecular weight excluding hydrogens is 897 g/mol. The molecule has 4 N–H and O–H groups in total. The standard InChI is InChI=1S/C45H45N5O5S6.H3N/c1-4-6-18-56-27-60-41-35(23-46)34(22-36(49-41)42-47-16-20-58-42)32-12-10-31(11-13-32)25-54-26-37(52)55-45(53)39-38(33-14-8-30(24-51)9-15-33)29(3)40(44-48-17-21-59-44)50-43(39)61-28-57-19-7-5-2;/h8-17,20-22,51H,4-7,18-19,24-28H2,1-3H3;1H3. The van der Waals surface area contributed by atoms with Crippen molar-refractivity contribution in [3.8, 4) is 49.7 Å². The molecule has 0 atom stereocenters. The van der Waals surface area contributed by atoms with Crippen LogP contribution in [0.25, 0.3) is 43.7 Å². The second-order valence-electron chi connectivity index (χ2n) is 13.5. The zero-order valence-corrected chi connectivity index (χ0v) is 39.7. The summed E-state index contributed by atoms with van der Waals surface area (Å²) in [6.45, 7) is 5.72. The number of hydrogen-bond acceptors (Lipinski definition) is 17. The Kier molecular flexibility index (Phi) is 19.9. The van der Waals surface area contributed by atoms with E-state index in [4.69, 9.17) is 19.4 Å². The van der Waals surface area contributed by atoms with Crippen molar-refractivity contribution in [2.45, 2.75) is 69.7 Å². The van der Waals surface area contributed by atoms with Gasteiger partial charge >= 0.3 is 11.9 Å². The molecule has 17 heteroatoms. The lowest BCUT2D eigenvalue weighted by Gasteiger charge is -2.18. The minimum atomic E-state index is -0.832. The average molecular weight is 945 g/mol. The van der Waals surface area contributed by atoms with Crippen LogP contribution in [0.5, 0.6) is 0 Å². The summed E-state index contributed by atoms with van der Waals surface area (Å²) in [5.74, 6) is 0.380. The third-order valence-corrected chi connectivity index (χ3v) is 15.4. The number of carbonyl (C=O) groups is 2. The van der Waals surface area contributed by atoms with Crippen molar-refractivity contribution in [3.05, 3.63) is 106 Å². The first kappa shape index (κ1) is 48.9. The number of aliphatic hydroxyl groups is 1. The number of aliphatic hydroxyl groups excluding tert-OH is 1. The summed E-state index contributed by atoms with van der Waals surface area (Å²) in [6.07, 6.45) is 7.91. The second kappa shape index (κ2) is 25.3. The summed E-state index contributed by atoms with van der Waals surface area (Å²) >= 11 is 9.56. The number of thiazole rings is 2. The van der Waals surface area contributed by atoms with Crippen molar-refractivity contribution >= 4 is 81.7 Å². The average Bonchev–Trinajstić information content (AvgIpc) is 4.03. The lowest BCUT2D eigenvalue weighted by molar-refractivity contribution is -0.143. The fraction of sp³-hybridized carbons (Fsp3) is 0.311. The highest BCUT2D eigenvalue weighted by atomic mass is 32.2. The van der Waals surface area contributed by atoms with Crippen LogP contribution in [-0.2, 0) is 27.5 Å². The van der Waals surface area contributed by atoms with E-state index in [2.05, 4.69) is 29.9 Å². The molecule has 11 nitrogen and oxygen atoms in total. The Morgan fingerprint density at radius 1 is 0.823 bits per heavy atom. The third kappa shape index (κ3) is 13.0. The van der Waals surface area contributed by atoms with Gasteiger partial charge in [-0.3, -0.25) is 0 Å². The zero-order chi connectivity index (χ0) is 43.0. The van der Waals surface area contributed by atoms with Crippen molar-refractivity contribution in [1.82, 2.24) is 26.1 Å². The highest BCUT2D eigenvalue weighted by molar-refractivity contribution is 8.16. The van der Waals surface area contributed by atoms with Crippen molar-refractivity contribution in [2.75, 3.05) is 28.3 Å². The third-order valence-electron chi connectivity index (χ3n) is 9.22.